The maximum absolute atomic E-state index is 12.7. The number of nitrogens with one attached hydrogen (secondary N) is 2. The van der Waals surface area contributed by atoms with E-state index in [1.54, 1.807) is 36.3 Å². The molecular formula is C20H23N3O4. The molecule has 0 aromatic heterocycles. The zero-order valence-electron chi connectivity index (χ0n) is 15.2. The van der Waals surface area contributed by atoms with E-state index in [0.717, 1.165) is 5.56 Å². The first-order valence-electron chi connectivity index (χ1n) is 8.82. The summed E-state index contributed by atoms with van der Waals surface area (Å²) in [7, 11) is 1.59. The third-order valence-corrected chi connectivity index (χ3v) is 4.34. The van der Waals surface area contributed by atoms with Gasteiger partial charge in [0.05, 0.1) is 31.6 Å². The van der Waals surface area contributed by atoms with E-state index in [0.29, 0.717) is 49.8 Å². The molecule has 3 amide bonds. The molecule has 3 rings (SSSR count). The predicted molar refractivity (Wildman–Crippen MR) is 102 cm³/mol. The quantitative estimate of drug-likeness (QED) is 0.849. The number of benzene rings is 2. The largest absolute Gasteiger partial charge is 0.496 e. The fourth-order valence-corrected chi connectivity index (χ4v) is 2.87. The highest BCUT2D eigenvalue weighted by molar-refractivity contribution is 6.03. The van der Waals surface area contributed by atoms with Crippen molar-refractivity contribution >= 4 is 17.6 Å². The van der Waals surface area contributed by atoms with Gasteiger partial charge in [0.2, 0.25) is 0 Å². The number of anilines is 1. The van der Waals surface area contributed by atoms with Crippen molar-refractivity contribution < 1.29 is 19.1 Å². The molecule has 0 atom stereocenters. The highest BCUT2D eigenvalue weighted by Gasteiger charge is 2.19. The summed E-state index contributed by atoms with van der Waals surface area (Å²) in [6.07, 6.45) is 0. The fourth-order valence-electron chi connectivity index (χ4n) is 2.87. The van der Waals surface area contributed by atoms with Gasteiger partial charge in [0.25, 0.3) is 5.91 Å². The van der Waals surface area contributed by atoms with Crippen LogP contribution in [0.25, 0.3) is 0 Å². The second-order valence-electron chi connectivity index (χ2n) is 6.07. The van der Waals surface area contributed by atoms with Crippen LogP contribution in [0.1, 0.15) is 15.9 Å². The average Bonchev–Trinajstić information content (AvgIpc) is 2.73. The summed E-state index contributed by atoms with van der Waals surface area (Å²) >= 11 is 0. The molecule has 1 aliphatic rings. The standard InChI is InChI=1S/C20H23N3O4/c1-26-18-9-5-2-6-15(18)14-21-19(24)16-7-3-4-8-17(16)22-20(25)23-10-12-27-13-11-23/h2-9H,10-14H2,1H3,(H,21,24)(H,22,25). The average molecular weight is 369 g/mol. The lowest BCUT2D eigenvalue weighted by molar-refractivity contribution is 0.0564. The number of rotatable bonds is 5. The molecule has 0 unspecified atom stereocenters. The first-order valence-corrected chi connectivity index (χ1v) is 8.82. The Kier molecular flexibility index (Phi) is 6.27. The fraction of sp³-hybridized carbons (Fsp3) is 0.300. The van der Waals surface area contributed by atoms with Crippen molar-refractivity contribution in [3.63, 3.8) is 0 Å². The van der Waals surface area contributed by atoms with Gasteiger partial charge in [-0.2, -0.15) is 0 Å². The van der Waals surface area contributed by atoms with E-state index in [4.69, 9.17) is 9.47 Å². The van der Waals surface area contributed by atoms with Gasteiger partial charge in [-0.1, -0.05) is 30.3 Å². The van der Waals surface area contributed by atoms with Crippen molar-refractivity contribution in [2.24, 2.45) is 0 Å². The number of urea groups is 1. The summed E-state index contributed by atoms with van der Waals surface area (Å²) in [5, 5.41) is 5.71. The number of nitrogens with zero attached hydrogens (tertiary/aromatic N) is 1. The second kappa shape index (κ2) is 9.05. The molecule has 2 aromatic carbocycles. The van der Waals surface area contributed by atoms with Crippen molar-refractivity contribution in [1.82, 2.24) is 10.2 Å². The molecule has 0 bridgehead atoms. The minimum absolute atomic E-state index is 0.233. The Labute approximate surface area is 158 Å². The summed E-state index contributed by atoms with van der Waals surface area (Å²) in [6, 6.07) is 14.2. The molecular weight excluding hydrogens is 346 g/mol. The molecule has 142 valence electrons. The van der Waals surface area contributed by atoms with Crippen LogP contribution in [-0.2, 0) is 11.3 Å². The smallest absolute Gasteiger partial charge is 0.322 e. The molecule has 0 aliphatic carbocycles. The molecule has 2 aromatic rings. The lowest BCUT2D eigenvalue weighted by Crippen LogP contribution is -2.43. The van der Waals surface area contributed by atoms with Crippen LogP contribution in [0.3, 0.4) is 0 Å². The molecule has 1 heterocycles. The Balaban J connectivity index is 1.67. The molecule has 1 fully saturated rings. The van der Waals surface area contributed by atoms with Crippen molar-refractivity contribution in [3.8, 4) is 5.75 Å². The van der Waals surface area contributed by atoms with Crippen LogP contribution in [0, 0.1) is 0 Å². The molecule has 2 N–H and O–H groups in total. The molecule has 1 aliphatic heterocycles. The molecule has 0 saturated carbocycles. The van der Waals surface area contributed by atoms with E-state index in [9.17, 15) is 9.59 Å². The van der Waals surface area contributed by atoms with Crippen LogP contribution >= 0.6 is 0 Å². The number of carbonyl (C=O) groups excluding carboxylic acids is 2. The number of amides is 3. The number of hydrogen-bond donors (Lipinski definition) is 2. The van der Waals surface area contributed by atoms with E-state index in [-0.39, 0.29) is 11.9 Å². The zero-order valence-corrected chi connectivity index (χ0v) is 15.2. The maximum Gasteiger partial charge on any atom is 0.322 e. The summed E-state index contributed by atoms with van der Waals surface area (Å²) in [4.78, 5) is 26.7. The van der Waals surface area contributed by atoms with Gasteiger partial charge < -0.3 is 25.0 Å². The summed E-state index contributed by atoms with van der Waals surface area (Å²) in [5.41, 5.74) is 1.77. The topological polar surface area (TPSA) is 79.9 Å². The number of ether oxygens (including phenoxy) is 2. The third-order valence-electron chi connectivity index (χ3n) is 4.34. The van der Waals surface area contributed by atoms with Gasteiger partial charge in [0.15, 0.2) is 0 Å². The van der Waals surface area contributed by atoms with Gasteiger partial charge in [0, 0.05) is 25.2 Å². The number of hydrogen-bond acceptors (Lipinski definition) is 4. The molecule has 7 heteroatoms. The normalized spacial score (nSPS) is 13.7. The predicted octanol–water partition coefficient (Wildman–Crippen LogP) is 2.49. The molecule has 27 heavy (non-hydrogen) atoms. The van der Waals surface area contributed by atoms with Gasteiger partial charge >= 0.3 is 6.03 Å². The second-order valence-corrected chi connectivity index (χ2v) is 6.07. The monoisotopic (exact) mass is 369 g/mol. The van der Waals surface area contributed by atoms with E-state index in [1.807, 2.05) is 24.3 Å². The highest BCUT2D eigenvalue weighted by Crippen LogP contribution is 2.19. The van der Waals surface area contributed by atoms with Gasteiger partial charge in [-0.05, 0) is 18.2 Å². The summed E-state index contributed by atoms with van der Waals surface area (Å²) in [6.45, 7) is 2.44. The van der Waals surface area contributed by atoms with E-state index >= 15 is 0 Å². The van der Waals surface area contributed by atoms with Crippen LogP contribution in [0.4, 0.5) is 10.5 Å². The highest BCUT2D eigenvalue weighted by atomic mass is 16.5. The van der Waals surface area contributed by atoms with Crippen molar-refractivity contribution in [3.05, 3.63) is 59.7 Å². The minimum atomic E-state index is -0.265. The number of para-hydroxylation sites is 2. The Morgan fingerprint density at radius 3 is 2.56 bits per heavy atom. The molecule has 0 spiro atoms. The van der Waals surface area contributed by atoms with Crippen LogP contribution in [-0.4, -0.2) is 50.3 Å². The van der Waals surface area contributed by atoms with Gasteiger partial charge in [-0.25, -0.2) is 4.79 Å². The molecule has 7 nitrogen and oxygen atoms in total. The van der Waals surface area contributed by atoms with Crippen molar-refractivity contribution in [2.75, 3.05) is 38.7 Å². The maximum atomic E-state index is 12.7. The van der Waals surface area contributed by atoms with Crippen LogP contribution in [0.15, 0.2) is 48.5 Å². The Morgan fingerprint density at radius 2 is 1.78 bits per heavy atom. The lowest BCUT2D eigenvalue weighted by atomic mass is 10.1. The van der Waals surface area contributed by atoms with Crippen molar-refractivity contribution in [2.45, 2.75) is 6.54 Å². The Morgan fingerprint density at radius 1 is 1.07 bits per heavy atom. The molecule has 1 saturated heterocycles. The van der Waals surface area contributed by atoms with Gasteiger partial charge in [-0.3, -0.25) is 4.79 Å². The first kappa shape index (κ1) is 18.7. The summed E-state index contributed by atoms with van der Waals surface area (Å²) in [5.74, 6) is 0.450. The van der Waals surface area contributed by atoms with Crippen LogP contribution in [0.5, 0.6) is 5.75 Å². The third kappa shape index (κ3) is 4.77. The van der Waals surface area contributed by atoms with Crippen LogP contribution in [0.2, 0.25) is 0 Å². The van der Waals surface area contributed by atoms with E-state index in [2.05, 4.69) is 10.6 Å². The lowest BCUT2D eigenvalue weighted by Gasteiger charge is -2.27. The number of methoxy groups -OCH3 is 1. The van der Waals surface area contributed by atoms with Crippen molar-refractivity contribution in [1.29, 1.82) is 0 Å². The number of morpholine rings is 1. The zero-order chi connectivity index (χ0) is 19.1. The number of carbonyl (C=O) groups is 2. The van der Waals surface area contributed by atoms with E-state index in [1.165, 1.54) is 0 Å². The van der Waals surface area contributed by atoms with Crippen LogP contribution < -0.4 is 15.4 Å². The van der Waals surface area contributed by atoms with E-state index < -0.39 is 0 Å². The minimum Gasteiger partial charge on any atom is -0.496 e. The Hall–Kier alpha value is -3.06. The SMILES string of the molecule is COc1ccccc1CNC(=O)c1ccccc1NC(=O)N1CCOCC1. The summed E-state index contributed by atoms with van der Waals surface area (Å²) < 4.78 is 10.6. The molecule has 0 radical (unpaired) electrons. The first-order chi connectivity index (χ1) is 13.2. The van der Waals surface area contributed by atoms with Gasteiger partial charge in [0.1, 0.15) is 5.75 Å². The Bertz CT molecular complexity index is 803. The van der Waals surface area contributed by atoms with Gasteiger partial charge in [-0.15, -0.1) is 0 Å².